The van der Waals surface area contributed by atoms with Gasteiger partial charge in [-0.05, 0) is 19.3 Å². The summed E-state index contributed by atoms with van der Waals surface area (Å²) in [5.41, 5.74) is 0. The SMILES string of the molecule is CCC/C=C\C=C/C/C(Br)=C/OC1CCCCO1. The van der Waals surface area contributed by atoms with Gasteiger partial charge in [-0.15, -0.1) is 0 Å². The maximum Gasteiger partial charge on any atom is 0.198 e. The molecular formula is C15H23BrO2. The van der Waals surface area contributed by atoms with Gasteiger partial charge in [0.15, 0.2) is 6.29 Å². The van der Waals surface area contributed by atoms with Crippen LogP contribution in [0.4, 0.5) is 0 Å². The van der Waals surface area contributed by atoms with Gasteiger partial charge >= 0.3 is 0 Å². The lowest BCUT2D eigenvalue weighted by atomic mass is 10.2. The second-order valence-corrected chi connectivity index (χ2v) is 5.36. The van der Waals surface area contributed by atoms with Crippen LogP contribution in [0.25, 0.3) is 0 Å². The minimum atomic E-state index is -0.0558. The number of ether oxygens (including phenoxy) is 2. The van der Waals surface area contributed by atoms with Crippen LogP contribution >= 0.6 is 15.9 Å². The van der Waals surface area contributed by atoms with E-state index >= 15 is 0 Å². The van der Waals surface area contributed by atoms with Crippen molar-refractivity contribution in [3.05, 3.63) is 35.0 Å². The number of rotatable bonds is 7. The summed E-state index contributed by atoms with van der Waals surface area (Å²) < 4.78 is 12.1. The standard InChI is InChI=1S/C15H23BrO2/c1-2-3-4-5-6-7-10-14(16)13-18-15-11-8-9-12-17-15/h4-7,13,15H,2-3,8-12H2,1H3/b5-4-,7-6-,14-13-. The molecule has 0 amide bonds. The number of hydrogen-bond acceptors (Lipinski definition) is 2. The van der Waals surface area contributed by atoms with Gasteiger partial charge in [0.25, 0.3) is 0 Å². The highest BCUT2D eigenvalue weighted by molar-refractivity contribution is 9.11. The zero-order valence-corrected chi connectivity index (χ0v) is 12.7. The first kappa shape index (κ1) is 15.5. The van der Waals surface area contributed by atoms with Crippen molar-refractivity contribution in [3.63, 3.8) is 0 Å². The van der Waals surface area contributed by atoms with Crippen LogP contribution in [0.1, 0.15) is 45.4 Å². The molecule has 1 rings (SSSR count). The fourth-order valence-electron chi connectivity index (χ4n) is 1.62. The molecule has 1 aliphatic heterocycles. The van der Waals surface area contributed by atoms with Gasteiger partial charge in [0.2, 0.25) is 0 Å². The van der Waals surface area contributed by atoms with E-state index in [0.29, 0.717) is 0 Å². The van der Waals surface area contributed by atoms with E-state index in [1.165, 1.54) is 12.8 Å². The molecule has 0 aromatic carbocycles. The third-order valence-electron chi connectivity index (χ3n) is 2.64. The summed E-state index contributed by atoms with van der Waals surface area (Å²) in [6.45, 7) is 3.00. The van der Waals surface area contributed by atoms with Gasteiger partial charge in [0.05, 0.1) is 12.9 Å². The minimum absolute atomic E-state index is 0.0558. The topological polar surface area (TPSA) is 18.5 Å². The zero-order valence-electron chi connectivity index (χ0n) is 11.1. The molecule has 102 valence electrons. The van der Waals surface area contributed by atoms with E-state index in [1.807, 2.05) is 0 Å². The van der Waals surface area contributed by atoms with Gasteiger partial charge in [-0.25, -0.2) is 0 Å². The lowest BCUT2D eigenvalue weighted by molar-refractivity contribution is -0.129. The summed E-state index contributed by atoms with van der Waals surface area (Å²) in [5.74, 6) is 0. The van der Waals surface area contributed by atoms with Gasteiger partial charge in [0.1, 0.15) is 0 Å². The molecule has 0 radical (unpaired) electrons. The van der Waals surface area contributed by atoms with Crippen molar-refractivity contribution < 1.29 is 9.47 Å². The monoisotopic (exact) mass is 314 g/mol. The van der Waals surface area contributed by atoms with E-state index in [4.69, 9.17) is 9.47 Å². The van der Waals surface area contributed by atoms with Crippen molar-refractivity contribution in [3.8, 4) is 0 Å². The Bertz CT molecular complexity index is 289. The van der Waals surface area contributed by atoms with E-state index < -0.39 is 0 Å². The fourth-order valence-corrected chi connectivity index (χ4v) is 1.91. The van der Waals surface area contributed by atoms with E-state index in [0.717, 1.165) is 36.8 Å². The normalized spacial score (nSPS) is 21.9. The minimum Gasteiger partial charge on any atom is -0.472 e. The van der Waals surface area contributed by atoms with Crippen molar-refractivity contribution in [1.29, 1.82) is 0 Å². The molecule has 0 spiro atoms. The van der Waals surface area contributed by atoms with Crippen LogP contribution < -0.4 is 0 Å². The second-order valence-electron chi connectivity index (χ2n) is 4.35. The van der Waals surface area contributed by atoms with E-state index in [9.17, 15) is 0 Å². The average Bonchev–Trinajstić information content (AvgIpc) is 2.41. The molecule has 1 heterocycles. The highest BCUT2D eigenvalue weighted by atomic mass is 79.9. The Hall–Kier alpha value is -0.540. The quantitative estimate of drug-likeness (QED) is 0.482. The van der Waals surface area contributed by atoms with Gasteiger partial charge in [-0.1, -0.05) is 53.6 Å². The Balaban J connectivity index is 2.16. The Morgan fingerprint density at radius 1 is 1.33 bits per heavy atom. The van der Waals surface area contributed by atoms with Gasteiger partial charge < -0.3 is 9.47 Å². The van der Waals surface area contributed by atoms with Crippen LogP contribution in [-0.4, -0.2) is 12.9 Å². The second kappa shape index (κ2) is 10.4. The van der Waals surface area contributed by atoms with E-state index in [-0.39, 0.29) is 6.29 Å². The maximum absolute atomic E-state index is 5.56. The van der Waals surface area contributed by atoms with Crippen molar-refractivity contribution in [2.24, 2.45) is 0 Å². The zero-order chi connectivity index (χ0) is 13.1. The number of allylic oxidation sites excluding steroid dienone is 5. The van der Waals surface area contributed by atoms with Crippen LogP contribution in [0.3, 0.4) is 0 Å². The summed E-state index contributed by atoms with van der Waals surface area (Å²) in [7, 11) is 0. The number of halogens is 1. The van der Waals surface area contributed by atoms with Crippen LogP contribution in [-0.2, 0) is 9.47 Å². The first-order valence-electron chi connectivity index (χ1n) is 6.76. The van der Waals surface area contributed by atoms with Gasteiger partial charge in [-0.3, -0.25) is 0 Å². The van der Waals surface area contributed by atoms with Crippen molar-refractivity contribution in [1.82, 2.24) is 0 Å². The van der Waals surface area contributed by atoms with Crippen LogP contribution in [0.15, 0.2) is 35.0 Å². The number of hydrogen-bond donors (Lipinski definition) is 0. The highest BCUT2D eigenvalue weighted by Gasteiger charge is 2.12. The molecule has 1 saturated heterocycles. The van der Waals surface area contributed by atoms with Gasteiger partial charge in [0, 0.05) is 17.3 Å². The molecule has 18 heavy (non-hydrogen) atoms. The van der Waals surface area contributed by atoms with E-state index in [1.54, 1.807) is 6.26 Å². The highest BCUT2D eigenvalue weighted by Crippen LogP contribution is 2.17. The molecule has 0 saturated carbocycles. The summed E-state index contributed by atoms with van der Waals surface area (Å²) in [6.07, 6.45) is 16.7. The first-order chi connectivity index (χ1) is 8.83. The van der Waals surface area contributed by atoms with E-state index in [2.05, 4.69) is 47.2 Å². The molecule has 0 bridgehead atoms. The largest absolute Gasteiger partial charge is 0.472 e. The Kier molecular flexibility index (Phi) is 8.96. The fraction of sp³-hybridized carbons (Fsp3) is 0.600. The van der Waals surface area contributed by atoms with Crippen LogP contribution in [0, 0.1) is 0 Å². The molecule has 0 aromatic rings. The van der Waals surface area contributed by atoms with Crippen LogP contribution in [0.2, 0.25) is 0 Å². The average molecular weight is 315 g/mol. The summed E-state index contributed by atoms with van der Waals surface area (Å²) in [4.78, 5) is 0. The predicted octanol–water partition coefficient (Wildman–Crippen LogP) is 5.07. The van der Waals surface area contributed by atoms with Gasteiger partial charge in [-0.2, -0.15) is 0 Å². The summed E-state index contributed by atoms with van der Waals surface area (Å²) in [6, 6.07) is 0. The third kappa shape index (κ3) is 7.72. The maximum atomic E-state index is 5.56. The molecule has 2 nitrogen and oxygen atoms in total. The molecule has 0 N–H and O–H groups in total. The molecule has 1 aliphatic rings. The van der Waals surface area contributed by atoms with Crippen molar-refractivity contribution >= 4 is 15.9 Å². The summed E-state index contributed by atoms with van der Waals surface area (Å²) >= 11 is 3.49. The smallest absolute Gasteiger partial charge is 0.198 e. The third-order valence-corrected chi connectivity index (χ3v) is 3.15. The summed E-state index contributed by atoms with van der Waals surface area (Å²) in [5, 5.41) is 0. The first-order valence-corrected chi connectivity index (χ1v) is 7.55. The van der Waals surface area contributed by atoms with Crippen molar-refractivity contribution in [2.75, 3.05) is 6.61 Å². The molecule has 1 fully saturated rings. The Labute approximate surface area is 119 Å². The van der Waals surface area contributed by atoms with Crippen molar-refractivity contribution in [2.45, 2.75) is 51.7 Å². The molecule has 0 aliphatic carbocycles. The Morgan fingerprint density at radius 3 is 2.89 bits per heavy atom. The molecule has 0 aromatic heterocycles. The molecule has 1 unspecified atom stereocenters. The molecule has 1 atom stereocenters. The lowest BCUT2D eigenvalue weighted by Gasteiger charge is -2.21. The lowest BCUT2D eigenvalue weighted by Crippen LogP contribution is -2.20. The molecule has 3 heteroatoms. The molecular weight excluding hydrogens is 292 g/mol. The predicted molar refractivity (Wildman–Crippen MR) is 79.5 cm³/mol. The number of unbranched alkanes of at least 4 members (excludes halogenated alkanes) is 1. The Morgan fingerprint density at radius 2 is 2.17 bits per heavy atom. The van der Waals surface area contributed by atoms with Crippen LogP contribution in [0.5, 0.6) is 0 Å².